The van der Waals surface area contributed by atoms with Crippen molar-refractivity contribution >= 4 is 0 Å². The van der Waals surface area contributed by atoms with Crippen molar-refractivity contribution in [1.29, 1.82) is 0 Å². The van der Waals surface area contributed by atoms with E-state index in [1.165, 1.54) is 0 Å². The fourth-order valence-corrected chi connectivity index (χ4v) is 1.40. The Morgan fingerprint density at radius 3 is 1.44 bits per heavy atom. The highest BCUT2D eigenvalue weighted by Crippen LogP contribution is 2.33. The lowest BCUT2D eigenvalue weighted by molar-refractivity contribution is 0.0759. The summed E-state index contributed by atoms with van der Waals surface area (Å²) in [5.41, 5.74) is 0. The summed E-state index contributed by atoms with van der Waals surface area (Å²) in [7, 11) is 0. The van der Waals surface area contributed by atoms with Crippen LogP contribution in [0, 0.1) is 0 Å². The molecule has 0 N–H and O–H groups in total. The van der Waals surface area contributed by atoms with Crippen molar-refractivity contribution in [2.45, 2.75) is 25.4 Å². The molecule has 0 radical (unpaired) electrons. The molecule has 0 amide bonds. The summed E-state index contributed by atoms with van der Waals surface area (Å²) in [6.45, 7) is 5.13. The number of hydrogen-bond acceptors (Lipinski definition) is 4. The molecule has 0 spiro atoms. The molecule has 2 aliphatic heterocycles. The molecule has 86 valence electrons. The van der Waals surface area contributed by atoms with Crippen LogP contribution in [0.3, 0.4) is 0 Å². The van der Waals surface area contributed by atoms with Gasteiger partial charge in [-0.3, -0.25) is 0 Å². The SMILES string of the molecule is CC1(Oc2ccc(OC3(C)CO3)cc2)CO1. The minimum absolute atomic E-state index is 0.423. The van der Waals surface area contributed by atoms with Crippen molar-refractivity contribution in [2.24, 2.45) is 0 Å². The highest BCUT2D eigenvalue weighted by atomic mass is 16.8. The van der Waals surface area contributed by atoms with Crippen LogP contribution in [0.15, 0.2) is 24.3 Å². The largest absolute Gasteiger partial charge is 0.460 e. The Kier molecular flexibility index (Phi) is 1.94. The van der Waals surface area contributed by atoms with Gasteiger partial charge in [-0.25, -0.2) is 0 Å². The summed E-state index contributed by atoms with van der Waals surface area (Å²) in [5, 5.41) is 0. The Labute approximate surface area is 94.1 Å². The van der Waals surface area contributed by atoms with Gasteiger partial charge in [0.1, 0.15) is 24.7 Å². The zero-order valence-electron chi connectivity index (χ0n) is 9.36. The standard InChI is InChI=1S/C12H14O4/c1-11(7-13-11)15-9-3-5-10(6-4-9)16-12(2)8-14-12/h3-6H,7-8H2,1-2H3. The van der Waals surface area contributed by atoms with Gasteiger partial charge in [-0.2, -0.15) is 0 Å². The highest BCUT2D eigenvalue weighted by Gasteiger charge is 2.43. The third kappa shape index (κ3) is 2.13. The van der Waals surface area contributed by atoms with Gasteiger partial charge in [0.15, 0.2) is 0 Å². The van der Waals surface area contributed by atoms with E-state index in [9.17, 15) is 0 Å². The minimum Gasteiger partial charge on any atom is -0.460 e. The first-order valence-electron chi connectivity index (χ1n) is 5.33. The maximum absolute atomic E-state index is 5.60. The van der Waals surface area contributed by atoms with E-state index in [-0.39, 0.29) is 0 Å². The Morgan fingerprint density at radius 2 is 1.19 bits per heavy atom. The van der Waals surface area contributed by atoms with E-state index in [1.54, 1.807) is 0 Å². The molecule has 1 aromatic rings. The van der Waals surface area contributed by atoms with Gasteiger partial charge in [0.2, 0.25) is 11.6 Å². The average molecular weight is 222 g/mol. The van der Waals surface area contributed by atoms with Crippen molar-refractivity contribution in [3.8, 4) is 11.5 Å². The van der Waals surface area contributed by atoms with Gasteiger partial charge in [-0.1, -0.05) is 0 Å². The van der Waals surface area contributed by atoms with E-state index in [0.717, 1.165) is 11.5 Å². The second kappa shape index (κ2) is 3.12. The number of benzene rings is 1. The zero-order chi connectivity index (χ0) is 11.2. The van der Waals surface area contributed by atoms with E-state index >= 15 is 0 Å². The number of ether oxygens (including phenoxy) is 4. The van der Waals surface area contributed by atoms with Crippen LogP contribution < -0.4 is 9.47 Å². The van der Waals surface area contributed by atoms with Gasteiger partial charge in [-0.15, -0.1) is 0 Å². The molecule has 4 nitrogen and oxygen atoms in total. The molecular weight excluding hydrogens is 208 g/mol. The van der Waals surface area contributed by atoms with Crippen LogP contribution in [0.1, 0.15) is 13.8 Å². The maximum atomic E-state index is 5.60. The van der Waals surface area contributed by atoms with E-state index in [4.69, 9.17) is 18.9 Å². The molecule has 2 unspecified atom stereocenters. The molecule has 1 aromatic carbocycles. The van der Waals surface area contributed by atoms with Crippen LogP contribution in [0.2, 0.25) is 0 Å². The van der Waals surface area contributed by atoms with E-state index < -0.39 is 11.6 Å². The lowest BCUT2D eigenvalue weighted by Crippen LogP contribution is -2.15. The maximum Gasteiger partial charge on any atom is 0.231 e. The monoisotopic (exact) mass is 222 g/mol. The third-order valence-electron chi connectivity index (χ3n) is 2.59. The fourth-order valence-electron chi connectivity index (χ4n) is 1.40. The Bertz CT molecular complexity index is 351. The Balaban J connectivity index is 1.65. The van der Waals surface area contributed by atoms with E-state index in [1.807, 2.05) is 38.1 Å². The molecule has 2 saturated heterocycles. The first-order valence-corrected chi connectivity index (χ1v) is 5.33. The normalized spacial score (nSPS) is 35.6. The van der Waals surface area contributed by atoms with Gasteiger partial charge < -0.3 is 18.9 Å². The molecular formula is C12H14O4. The zero-order valence-corrected chi connectivity index (χ0v) is 9.36. The first-order chi connectivity index (χ1) is 7.57. The second-order valence-electron chi connectivity index (χ2n) is 4.52. The van der Waals surface area contributed by atoms with Gasteiger partial charge >= 0.3 is 0 Å². The highest BCUT2D eigenvalue weighted by molar-refractivity contribution is 5.32. The van der Waals surface area contributed by atoms with Gasteiger partial charge in [-0.05, 0) is 24.3 Å². The molecule has 2 aliphatic rings. The lowest BCUT2D eigenvalue weighted by Gasteiger charge is -2.12. The molecule has 3 rings (SSSR count). The Morgan fingerprint density at radius 1 is 0.875 bits per heavy atom. The molecule has 2 atom stereocenters. The van der Waals surface area contributed by atoms with Crippen LogP contribution in [-0.4, -0.2) is 24.8 Å². The van der Waals surface area contributed by atoms with Gasteiger partial charge in [0, 0.05) is 13.8 Å². The summed E-state index contributed by atoms with van der Waals surface area (Å²) >= 11 is 0. The first kappa shape index (κ1) is 9.93. The summed E-state index contributed by atoms with van der Waals surface area (Å²) in [6, 6.07) is 7.48. The third-order valence-corrected chi connectivity index (χ3v) is 2.59. The topological polar surface area (TPSA) is 43.5 Å². The van der Waals surface area contributed by atoms with Crippen molar-refractivity contribution in [2.75, 3.05) is 13.2 Å². The predicted molar refractivity (Wildman–Crippen MR) is 56.4 cm³/mol. The van der Waals surface area contributed by atoms with Crippen LogP contribution in [-0.2, 0) is 9.47 Å². The number of rotatable bonds is 4. The molecule has 0 aliphatic carbocycles. The van der Waals surface area contributed by atoms with Gasteiger partial charge in [0.05, 0.1) is 0 Å². The van der Waals surface area contributed by atoms with E-state index in [0.29, 0.717) is 13.2 Å². The smallest absolute Gasteiger partial charge is 0.231 e. The number of epoxide rings is 2. The minimum atomic E-state index is -0.423. The van der Waals surface area contributed by atoms with Gasteiger partial charge in [0.25, 0.3) is 0 Å². The summed E-state index contributed by atoms with van der Waals surface area (Å²) in [4.78, 5) is 0. The van der Waals surface area contributed by atoms with Crippen LogP contribution in [0.4, 0.5) is 0 Å². The van der Waals surface area contributed by atoms with E-state index in [2.05, 4.69) is 0 Å². The molecule has 4 heteroatoms. The summed E-state index contributed by atoms with van der Waals surface area (Å²) in [5.74, 6) is 0.727. The summed E-state index contributed by atoms with van der Waals surface area (Å²) < 4.78 is 21.5. The molecule has 0 bridgehead atoms. The number of hydrogen-bond donors (Lipinski definition) is 0. The Hall–Kier alpha value is -1.26. The van der Waals surface area contributed by atoms with Crippen LogP contribution in [0.5, 0.6) is 11.5 Å². The molecule has 2 heterocycles. The second-order valence-corrected chi connectivity index (χ2v) is 4.52. The average Bonchev–Trinajstić information content (AvgIpc) is 3.13. The molecule has 0 saturated carbocycles. The van der Waals surface area contributed by atoms with Crippen LogP contribution >= 0.6 is 0 Å². The quantitative estimate of drug-likeness (QED) is 0.730. The lowest BCUT2D eigenvalue weighted by atomic mass is 10.3. The van der Waals surface area contributed by atoms with Crippen molar-refractivity contribution in [1.82, 2.24) is 0 Å². The van der Waals surface area contributed by atoms with Crippen molar-refractivity contribution < 1.29 is 18.9 Å². The fraction of sp³-hybridized carbons (Fsp3) is 0.500. The summed E-state index contributed by atoms with van der Waals surface area (Å²) in [6.07, 6.45) is 0. The molecule has 16 heavy (non-hydrogen) atoms. The molecule has 2 fully saturated rings. The molecule has 0 aromatic heterocycles. The van der Waals surface area contributed by atoms with Crippen molar-refractivity contribution in [3.05, 3.63) is 24.3 Å². The van der Waals surface area contributed by atoms with Crippen molar-refractivity contribution in [3.63, 3.8) is 0 Å². The predicted octanol–water partition coefficient (Wildman–Crippen LogP) is 1.94. The van der Waals surface area contributed by atoms with Crippen LogP contribution in [0.25, 0.3) is 0 Å².